The summed E-state index contributed by atoms with van der Waals surface area (Å²) in [6.07, 6.45) is 3.95. The zero-order chi connectivity index (χ0) is 18.8. The molecule has 0 amide bonds. The van der Waals surface area contributed by atoms with Gasteiger partial charge in [0.15, 0.2) is 0 Å². The Balaban J connectivity index is 1.72. The van der Waals surface area contributed by atoms with Crippen LogP contribution in [0.2, 0.25) is 0 Å². The Labute approximate surface area is 157 Å². The van der Waals surface area contributed by atoms with E-state index in [0.29, 0.717) is 12.8 Å². The minimum atomic E-state index is -0.790. The number of nitrogens with one attached hydrogen (secondary N) is 1. The number of piperidine rings is 1. The first-order valence-electron chi connectivity index (χ1n) is 9.65. The smallest absolute Gasteiger partial charge is 0.326 e. The van der Waals surface area contributed by atoms with Crippen LogP contribution >= 0.6 is 0 Å². The normalized spacial score (nSPS) is 32.0. The summed E-state index contributed by atoms with van der Waals surface area (Å²) >= 11 is 0. The maximum absolute atomic E-state index is 13.1. The SMILES string of the molecule is COC(=O)[C@H]1C[C@]2(C(=O)OC)Cc3c([nH]c4ccccc34)[C@@H]3CCC[C@@H]1N32. The molecule has 142 valence electrons. The number of fused-ring (bicyclic) bond motifs is 4. The number of carbonyl (C=O) groups excluding carboxylic acids is 2. The molecule has 2 fully saturated rings. The second kappa shape index (κ2) is 5.83. The molecule has 2 saturated heterocycles. The molecule has 6 heteroatoms. The number of hydrogen-bond donors (Lipinski definition) is 1. The number of aromatic amines is 1. The summed E-state index contributed by atoms with van der Waals surface area (Å²) in [5, 5.41) is 1.17. The van der Waals surface area contributed by atoms with Crippen molar-refractivity contribution in [3.05, 3.63) is 35.5 Å². The van der Waals surface area contributed by atoms with Gasteiger partial charge in [0.05, 0.1) is 26.2 Å². The predicted octanol–water partition coefficient (Wildman–Crippen LogP) is 2.72. The Bertz CT molecular complexity index is 935. The maximum atomic E-state index is 13.1. The van der Waals surface area contributed by atoms with E-state index in [1.807, 2.05) is 12.1 Å². The second-order valence-electron chi connectivity index (χ2n) is 8.02. The molecule has 1 aromatic heterocycles. The molecule has 0 radical (unpaired) electrons. The number of rotatable bonds is 2. The summed E-state index contributed by atoms with van der Waals surface area (Å²) in [6.45, 7) is 0. The molecule has 27 heavy (non-hydrogen) atoms. The number of esters is 2. The van der Waals surface area contributed by atoms with Gasteiger partial charge >= 0.3 is 11.9 Å². The van der Waals surface area contributed by atoms with Crippen molar-refractivity contribution in [2.45, 2.75) is 49.7 Å². The Morgan fingerprint density at radius 2 is 2.00 bits per heavy atom. The number of ether oxygens (including phenoxy) is 2. The zero-order valence-electron chi connectivity index (χ0n) is 15.7. The van der Waals surface area contributed by atoms with Gasteiger partial charge in [0.2, 0.25) is 0 Å². The second-order valence-corrected chi connectivity index (χ2v) is 8.02. The first-order valence-corrected chi connectivity index (χ1v) is 9.65. The Kier molecular flexibility index (Phi) is 3.63. The summed E-state index contributed by atoms with van der Waals surface area (Å²) in [7, 11) is 2.88. The third kappa shape index (κ3) is 2.10. The van der Waals surface area contributed by atoms with Crippen molar-refractivity contribution in [2.24, 2.45) is 5.92 Å². The van der Waals surface area contributed by atoms with Crippen LogP contribution in [0.4, 0.5) is 0 Å². The summed E-state index contributed by atoms with van der Waals surface area (Å²) in [5.74, 6) is -0.735. The highest BCUT2D eigenvalue weighted by atomic mass is 16.5. The summed E-state index contributed by atoms with van der Waals surface area (Å²) in [4.78, 5) is 31.5. The number of para-hydroxylation sites is 1. The van der Waals surface area contributed by atoms with Gasteiger partial charge in [0.1, 0.15) is 5.54 Å². The van der Waals surface area contributed by atoms with Gasteiger partial charge in [0.25, 0.3) is 0 Å². The standard InChI is InChI=1S/C21H24N2O4/c1-26-19(24)14-11-21(20(25)27-2)10-13-12-6-3-4-7-15(12)22-18(13)17-9-5-8-16(14)23(17)21/h3-4,6-7,14,16-17,22H,5,8-11H2,1-2H3/t14-,16-,17-,21-/m0/s1. The highest BCUT2D eigenvalue weighted by molar-refractivity contribution is 5.90. The molecule has 0 saturated carbocycles. The molecule has 4 heterocycles. The lowest BCUT2D eigenvalue weighted by atomic mass is 9.79. The van der Waals surface area contributed by atoms with E-state index in [1.54, 1.807) is 0 Å². The van der Waals surface area contributed by atoms with E-state index in [9.17, 15) is 9.59 Å². The minimum absolute atomic E-state index is 0.0230. The van der Waals surface area contributed by atoms with Gasteiger partial charge < -0.3 is 14.5 Å². The Morgan fingerprint density at radius 1 is 1.19 bits per heavy atom. The van der Waals surface area contributed by atoms with Crippen molar-refractivity contribution in [1.82, 2.24) is 9.88 Å². The summed E-state index contributed by atoms with van der Waals surface area (Å²) in [5.41, 5.74) is 2.71. The van der Waals surface area contributed by atoms with Gasteiger partial charge in [-0.2, -0.15) is 0 Å². The molecular weight excluding hydrogens is 344 g/mol. The molecule has 5 rings (SSSR count). The summed E-state index contributed by atoms with van der Waals surface area (Å²) < 4.78 is 10.4. The molecule has 1 N–H and O–H groups in total. The monoisotopic (exact) mass is 368 g/mol. The number of methoxy groups -OCH3 is 2. The van der Waals surface area contributed by atoms with Gasteiger partial charge in [-0.15, -0.1) is 0 Å². The fourth-order valence-corrected chi connectivity index (χ4v) is 5.92. The van der Waals surface area contributed by atoms with Crippen LogP contribution in [0, 0.1) is 5.92 Å². The fraction of sp³-hybridized carbons (Fsp3) is 0.524. The molecule has 0 bridgehead atoms. The number of nitrogens with zero attached hydrogens (tertiary/aromatic N) is 1. The Morgan fingerprint density at radius 3 is 2.78 bits per heavy atom. The van der Waals surface area contributed by atoms with Crippen molar-refractivity contribution in [3.8, 4) is 0 Å². The van der Waals surface area contributed by atoms with Crippen molar-refractivity contribution < 1.29 is 19.1 Å². The van der Waals surface area contributed by atoms with Crippen molar-refractivity contribution in [3.63, 3.8) is 0 Å². The minimum Gasteiger partial charge on any atom is -0.469 e. The van der Waals surface area contributed by atoms with Gasteiger partial charge in [0, 0.05) is 29.1 Å². The van der Waals surface area contributed by atoms with E-state index in [0.717, 1.165) is 24.8 Å². The van der Waals surface area contributed by atoms with Crippen LogP contribution in [0.5, 0.6) is 0 Å². The van der Waals surface area contributed by atoms with E-state index in [4.69, 9.17) is 9.47 Å². The molecule has 0 spiro atoms. The van der Waals surface area contributed by atoms with Gasteiger partial charge in [-0.05, 0) is 37.3 Å². The van der Waals surface area contributed by atoms with Crippen LogP contribution in [0.1, 0.15) is 43.0 Å². The number of hydrogen-bond acceptors (Lipinski definition) is 5. The van der Waals surface area contributed by atoms with Gasteiger partial charge in [-0.25, -0.2) is 0 Å². The first kappa shape index (κ1) is 16.8. The lowest BCUT2D eigenvalue weighted by Crippen LogP contribution is -2.59. The molecule has 1 aromatic carbocycles. The van der Waals surface area contributed by atoms with Crippen LogP contribution in [-0.2, 0) is 25.5 Å². The first-order chi connectivity index (χ1) is 13.1. The van der Waals surface area contributed by atoms with E-state index >= 15 is 0 Å². The summed E-state index contributed by atoms with van der Waals surface area (Å²) in [6, 6.07) is 8.38. The molecule has 6 nitrogen and oxygen atoms in total. The maximum Gasteiger partial charge on any atom is 0.326 e. The van der Waals surface area contributed by atoms with E-state index in [1.165, 1.54) is 30.9 Å². The molecule has 2 aromatic rings. The van der Waals surface area contributed by atoms with Crippen LogP contribution in [-0.4, -0.2) is 47.6 Å². The topological polar surface area (TPSA) is 71.6 Å². The number of aromatic nitrogens is 1. The quantitative estimate of drug-likeness (QED) is 0.826. The van der Waals surface area contributed by atoms with Crippen molar-refractivity contribution in [2.75, 3.05) is 14.2 Å². The lowest BCUT2D eigenvalue weighted by molar-refractivity contribution is -0.159. The third-order valence-corrected chi connectivity index (χ3v) is 6.91. The van der Waals surface area contributed by atoms with E-state index in [2.05, 4.69) is 22.0 Å². The lowest BCUT2D eigenvalue weighted by Gasteiger charge is -2.49. The van der Waals surface area contributed by atoms with Gasteiger partial charge in [-0.1, -0.05) is 18.2 Å². The highest BCUT2D eigenvalue weighted by Crippen LogP contribution is 2.56. The van der Waals surface area contributed by atoms with Crippen LogP contribution in [0.25, 0.3) is 10.9 Å². The predicted molar refractivity (Wildman–Crippen MR) is 99.1 cm³/mol. The Hall–Kier alpha value is -2.34. The van der Waals surface area contributed by atoms with Crippen molar-refractivity contribution in [1.29, 1.82) is 0 Å². The van der Waals surface area contributed by atoms with E-state index in [-0.39, 0.29) is 29.9 Å². The number of carbonyl (C=O) groups is 2. The van der Waals surface area contributed by atoms with Crippen LogP contribution in [0.3, 0.4) is 0 Å². The molecule has 3 aliphatic heterocycles. The average Bonchev–Trinajstić information content (AvgIpc) is 3.25. The number of H-pyrrole nitrogens is 1. The van der Waals surface area contributed by atoms with E-state index < -0.39 is 5.54 Å². The molecular formula is C21H24N2O4. The van der Waals surface area contributed by atoms with Gasteiger partial charge in [-0.3, -0.25) is 14.5 Å². The molecule has 4 atom stereocenters. The average molecular weight is 368 g/mol. The number of benzene rings is 1. The highest BCUT2D eigenvalue weighted by Gasteiger charge is 2.64. The molecule has 0 unspecified atom stereocenters. The van der Waals surface area contributed by atoms with Crippen LogP contribution < -0.4 is 0 Å². The molecule has 3 aliphatic rings. The third-order valence-electron chi connectivity index (χ3n) is 6.91. The fourth-order valence-electron chi connectivity index (χ4n) is 5.92. The molecule has 0 aliphatic carbocycles. The van der Waals surface area contributed by atoms with Crippen LogP contribution in [0.15, 0.2) is 24.3 Å². The largest absolute Gasteiger partial charge is 0.469 e. The van der Waals surface area contributed by atoms with Crippen molar-refractivity contribution >= 4 is 22.8 Å². The zero-order valence-corrected chi connectivity index (χ0v) is 15.7.